The van der Waals surface area contributed by atoms with Gasteiger partial charge < -0.3 is 5.32 Å². The molecule has 1 aromatic heterocycles. The minimum atomic E-state index is -4.34. The number of aromatic nitrogens is 1. The zero-order valence-corrected chi connectivity index (χ0v) is 8.88. The first kappa shape index (κ1) is 12.7. The molecule has 0 aliphatic heterocycles. The van der Waals surface area contributed by atoms with Crippen molar-refractivity contribution in [2.75, 3.05) is 6.54 Å². The van der Waals surface area contributed by atoms with Gasteiger partial charge in [-0.05, 0) is 18.7 Å². The summed E-state index contributed by atoms with van der Waals surface area (Å²) in [7, 11) is 0. The highest BCUT2D eigenvalue weighted by atomic mass is 19.4. The Morgan fingerprint density at radius 1 is 1.50 bits per heavy atom. The van der Waals surface area contributed by atoms with Crippen molar-refractivity contribution in [3.05, 3.63) is 42.2 Å². The van der Waals surface area contributed by atoms with E-state index in [0.29, 0.717) is 12.2 Å². The number of likely N-dealkylation sites (N-methyl/N-ethyl adjacent to an activating group) is 1. The molecule has 0 aliphatic carbocycles. The van der Waals surface area contributed by atoms with Crippen LogP contribution in [0.2, 0.25) is 0 Å². The van der Waals surface area contributed by atoms with Gasteiger partial charge in [-0.1, -0.05) is 13.0 Å². The van der Waals surface area contributed by atoms with Crippen LogP contribution in [-0.2, 0) is 6.18 Å². The predicted molar refractivity (Wildman–Crippen MR) is 55.9 cm³/mol. The van der Waals surface area contributed by atoms with Crippen LogP contribution in [0.25, 0.3) is 0 Å². The Balaban J connectivity index is 2.89. The summed E-state index contributed by atoms with van der Waals surface area (Å²) < 4.78 is 36.8. The van der Waals surface area contributed by atoms with E-state index in [1.807, 2.05) is 6.92 Å². The van der Waals surface area contributed by atoms with Gasteiger partial charge in [-0.15, -0.1) is 6.58 Å². The Bertz CT molecular complexity index is 343. The van der Waals surface area contributed by atoms with Gasteiger partial charge in [0.05, 0.1) is 17.3 Å². The maximum absolute atomic E-state index is 12.3. The molecule has 1 atom stereocenters. The fourth-order valence-electron chi connectivity index (χ4n) is 1.29. The number of alkyl halides is 3. The molecular formula is C11H13F3N2. The number of pyridine rings is 1. The predicted octanol–water partition coefficient (Wildman–Crippen LogP) is 2.94. The Hall–Kier alpha value is -1.36. The van der Waals surface area contributed by atoms with Crippen LogP contribution in [-0.4, -0.2) is 11.5 Å². The SMILES string of the molecule is C=CC(NCC)c1ccc(C(F)(F)F)cn1. The zero-order chi connectivity index (χ0) is 12.2. The van der Waals surface area contributed by atoms with Gasteiger partial charge in [0, 0.05) is 6.20 Å². The van der Waals surface area contributed by atoms with Gasteiger partial charge in [-0.3, -0.25) is 4.98 Å². The smallest absolute Gasteiger partial charge is 0.306 e. The highest BCUT2D eigenvalue weighted by Crippen LogP contribution is 2.28. The molecule has 0 amide bonds. The Labute approximate surface area is 92.2 Å². The largest absolute Gasteiger partial charge is 0.417 e. The third-order valence-electron chi connectivity index (χ3n) is 2.09. The molecule has 1 aromatic rings. The van der Waals surface area contributed by atoms with E-state index in [1.165, 1.54) is 6.07 Å². The van der Waals surface area contributed by atoms with Crippen LogP contribution in [0.3, 0.4) is 0 Å². The van der Waals surface area contributed by atoms with Crippen LogP contribution in [0, 0.1) is 0 Å². The molecule has 0 spiro atoms. The number of halogens is 3. The summed E-state index contributed by atoms with van der Waals surface area (Å²) in [6.07, 6.45) is -1.89. The van der Waals surface area contributed by atoms with E-state index in [0.717, 1.165) is 12.3 Å². The Morgan fingerprint density at radius 2 is 2.19 bits per heavy atom. The quantitative estimate of drug-likeness (QED) is 0.804. The molecule has 0 aromatic carbocycles. The lowest BCUT2D eigenvalue weighted by Crippen LogP contribution is -2.20. The number of rotatable bonds is 4. The van der Waals surface area contributed by atoms with Gasteiger partial charge in [0.2, 0.25) is 0 Å². The average Bonchev–Trinajstić information content (AvgIpc) is 2.25. The first-order valence-electron chi connectivity index (χ1n) is 4.88. The summed E-state index contributed by atoms with van der Waals surface area (Å²) >= 11 is 0. The van der Waals surface area contributed by atoms with Crippen molar-refractivity contribution < 1.29 is 13.2 Å². The van der Waals surface area contributed by atoms with E-state index in [2.05, 4.69) is 16.9 Å². The van der Waals surface area contributed by atoms with Crippen molar-refractivity contribution in [2.24, 2.45) is 0 Å². The average molecular weight is 230 g/mol. The lowest BCUT2D eigenvalue weighted by atomic mass is 10.1. The minimum absolute atomic E-state index is 0.215. The van der Waals surface area contributed by atoms with Crippen LogP contribution in [0.1, 0.15) is 24.2 Å². The molecule has 2 nitrogen and oxygen atoms in total. The monoisotopic (exact) mass is 230 g/mol. The first-order chi connectivity index (χ1) is 7.49. The Kier molecular flexibility index (Phi) is 4.06. The molecule has 1 unspecified atom stereocenters. The maximum Gasteiger partial charge on any atom is 0.417 e. The van der Waals surface area contributed by atoms with Crippen LogP contribution in [0.4, 0.5) is 13.2 Å². The molecule has 88 valence electrons. The number of nitrogens with zero attached hydrogens (tertiary/aromatic N) is 1. The van der Waals surface area contributed by atoms with Gasteiger partial charge in [0.25, 0.3) is 0 Å². The van der Waals surface area contributed by atoms with Crippen molar-refractivity contribution >= 4 is 0 Å². The topological polar surface area (TPSA) is 24.9 Å². The van der Waals surface area contributed by atoms with Gasteiger partial charge in [-0.2, -0.15) is 13.2 Å². The van der Waals surface area contributed by atoms with E-state index in [1.54, 1.807) is 6.08 Å². The summed E-state index contributed by atoms with van der Waals surface area (Å²) in [6.45, 7) is 6.20. The van der Waals surface area contributed by atoms with Crippen LogP contribution in [0.5, 0.6) is 0 Å². The third kappa shape index (κ3) is 3.06. The summed E-state index contributed by atoms with van der Waals surface area (Å²) in [4.78, 5) is 3.78. The standard InChI is InChI=1S/C11H13F3N2/c1-3-9(15-4-2)10-6-5-8(7-16-10)11(12,13)14/h3,5-7,9,15H,1,4H2,2H3. The number of hydrogen-bond donors (Lipinski definition) is 1. The Morgan fingerprint density at radius 3 is 2.56 bits per heavy atom. The van der Waals surface area contributed by atoms with E-state index in [4.69, 9.17) is 0 Å². The fourth-order valence-corrected chi connectivity index (χ4v) is 1.29. The van der Waals surface area contributed by atoms with Gasteiger partial charge >= 0.3 is 6.18 Å². The second-order valence-electron chi connectivity index (χ2n) is 3.24. The normalized spacial score (nSPS) is 13.5. The van der Waals surface area contributed by atoms with E-state index >= 15 is 0 Å². The van der Waals surface area contributed by atoms with E-state index in [9.17, 15) is 13.2 Å². The van der Waals surface area contributed by atoms with Crippen molar-refractivity contribution in [3.63, 3.8) is 0 Å². The van der Waals surface area contributed by atoms with Crippen LogP contribution >= 0.6 is 0 Å². The zero-order valence-electron chi connectivity index (χ0n) is 8.88. The molecule has 0 saturated carbocycles. The number of hydrogen-bond acceptors (Lipinski definition) is 2. The molecule has 0 aliphatic rings. The lowest BCUT2D eigenvalue weighted by molar-refractivity contribution is -0.137. The summed E-state index contributed by atoms with van der Waals surface area (Å²) in [5.74, 6) is 0. The van der Waals surface area contributed by atoms with Gasteiger partial charge in [0.1, 0.15) is 0 Å². The van der Waals surface area contributed by atoms with Crippen LogP contribution in [0.15, 0.2) is 31.0 Å². The highest BCUT2D eigenvalue weighted by molar-refractivity contribution is 5.21. The van der Waals surface area contributed by atoms with Gasteiger partial charge in [-0.25, -0.2) is 0 Å². The van der Waals surface area contributed by atoms with E-state index < -0.39 is 11.7 Å². The summed E-state index contributed by atoms with van der Waals surface area (Å²) in [5.41, 5.74) is -0.208. The first-order valence-corrected chi connectivity index (χ1v) is 4.88. The molecule has 1 heterocycles. The number of nitrogens with one attached hydrogen (secondary N) is 1. The highest BCUT2D eigenvalue weighted by Gasteiger charge is 2.30. The minimum Gasteiger partial charge on any atom is -0.306 e. The molecule has 16 heavy (non-hydrogen) atoms. The second-order valence-corrected chi connectivity index (χ2v) is 3.24. The molecule has 0 saturated heterocycles. The van der Waals surface area contributed by atoms with Crippen molar-refractivity contribution in [3.8, 4) is 0 Å². The molecule has 5 heteroatoms. The maximum atomic E-state index is 12.3. The second kappa shape index (κ2) is 5.12. The van der Waals surface area contributed by atoms with Crippen molar-refractivity contribution in [2.45, 2.75) is 19.1 Å². The van der Waals surface area contributed by atoms with Crippen molar-refractivity contribution in [1.82, 2.24) is 10.3 Å². The summed E-state index contributed by atoms with van der Waals surface area (Å²) in [6, 6.07) is 2.17. The molecule has 0 fully saturated rings. The van der Waals surface area contributed by atoms with E-state index in [-0.39, 0.29) is 6.04 Å². The van der Waals surface area contributed by atoms with Crippen molar-refractivity contribution in [1.29, 1.82) is 0 Å². The molecule has 0 radical (unpaired) electrons. The third-order valence-corrected chi connectivity index (χ3v) is 2.09. The van der Waals surface area contributed by atoms with Gasteiger partial charge in [0.15, 0.2) is 0 Å². The molecule has 1 N–H and O–H groups in total. The summed E-state index contributed by atoms with van der Waals surface area (Å²) in [5, 5.41) is 3.04. The molecule has 1 rings (SSSR count). The lowest BCUT2D eigenvalue weighted by Gasteiger charge is -2.13. The fraction of sp³-hybridized carbons (Fsp3) is 0.364. The van der Waals surface area contributed by atoms with Crippen LogP contribution < -0.4 is 5.32 Å². The molecule has 0 bridgehead atoms. The molecular weight excluding hydrogens is 217 g/mol.